The molecule has 0 aliphatic carbocycles. The van der Waals surface area contributed by atoms with Crippen molar-refractivity contribution in [2.45, 2.75) is 47.0 Å². The van der Waals surface area contributed by atoms with Crippen LogP contribution in [0.3, 0.4) is 0 Å². The summed E-state index contributed by atoms with van der Waals surface area (Å²) in [6.07, 6.45) is 3.43. The molecule has 0 fully saturated rings. The van der Waals surface area contributed by atoms with Crippen molar-refractivity contribution in [1.29, 1.82) is 0 Å². The Balaban J connectivity index is 4.52. The smallest absolute Gasteiger partial charge is 0.0373 e. The average Bonchev–Trinajstić information content (AvgIpc) is 2.11. The lowest BCUT2D eigenvalue weighted by Crippen LogP contribution is -2.01. The van der Waals surface area contributed by atoms with Gasteiger partial charge in [-0.3, -0.25) is 4.99 Å². The van der Waals surface area contributed by atoms with Crippen LogP contribution < -0.4 is 0 Å². The third-order valence-corrected chi connectivity index (χ3v) is 2.36. The quantitative estimate of drug-likeness (QED) is 0.567. The second-order valence-corrected chi connectivity index (χ2v) is 3.18. The maximum Gasteiger partial charge on any atom is 0.0373 e. The van der Waals surface area contributed by atoms with E-state index in [-0.39, 0.29) is 0 Å². The molecule has 1 heteroatoms. The van der Waals surface area contributed by atoms with Crippen molar-refractivity contribution in [2.24, 2.45) is 4.99 Å². The Morgan fingerprint density at radius 1 is 1.17 bits per heavy atom. The van der Waals surface area contributed by atoms with Gasteiger partial charge in [-0.25, -0.2) is 0 Å². The summed E-state index contributed by atoms with van der Waals surface area (Å²) >= 11 is 0. The third kappa shape index (κ3) is 3.21. The molecule has 0 aliphatic heterocycles. The second kappa shape index (κ2) is 5.99. The molecule has 0 rings (SSSR count). The summed E-state index contributed by atoms with van der Waals surface area (Å²) in [5.74, 6) is 0. The van der Waals surface area contributed by atoms with Crippen LogP contribution in [-0.4, -0.2) is 12.8 Å². The van der Waals surface area contributed by atoms with E-state index in [9.17, 15) is 0 Å². The highest BCUT2D eigenvalue weighted by atomic mass is 14.7. The predicted molar refractivity (Wildman–Crippen MR) is 56.9 cm³/mol. The normalized spacial score (nSPS) is 14.6. The SMILES string of the molecule is CCCC(=NC)C(C)=C(C)CC. The highest BCUT2D eigenvalue weighted by Gasteiger charge is 2.02. The minimum atomic E-state index is 1.11. The molecule has 0 aliphatic rings. The van der Waals surface area contributed by atoms with Crippen molar-refractivity contribution >= 4 is 5.71 Å². The van der Waals surface area contributed by atoms with Gasteiger partial charge in [0.2, 0.25) is 0 Å². The second-order valence-electron chi connectivity index (χ2n) is 3.18. The first-order valence-corrected chi connectivity index (χ1v) is 4.79. The molecule has 0 aromatic rings. The largest absolute Gasteiger partial charge is 0.293 e. The van der Waals surface area contributed by atoms with Crippen molar-refractivity contribution in [1.82, 2.24) is 0 Å². The number of rotatable bonds is 4. The Morgan fingerprint density at radius 3 is 2.08 bits per heavy atom. The van der Waals surface area contributed by atoms with Crippen LogP contribution in [0, 0.1) is 0 Å². The molecule has 0 bridgehead atoms. The lowest BCUT2D eigenvalue weighted by molar-refractivity contribution is 0.977. The van der Waals surface area contributed by atoms with Gasteiger partial charge in [-0.05, 0) is 32.3 Å². The van der Waals surface area contributed by atoms with Gasteiger partial charge in [0.05, 0.1) is 0 Å². The number of hydrogen-bond acceptors (Lipinski definition) is 1. The fourth-order valence-electron chi connectivity index (χ4n) is 1.22. The lowest BCUT2D eigenvalue weighted by atomic mass is 10.0. The first-order chi connectivity index (χ1) is 5.67. The molecule has 0 aromatic carbocycles. The zero-order valence-electron chi connectivity index (χ0n) is 9.07. The van der Waals surface area contributed by atoms with Crippen LogP contribution in [0.25, 0.3) is 0 Å². The minimum Gasteiger partial charge on any atom is -0.293 e. The van der Waals surface area contributed by atoms with Crippen molar-refractivity contribution in [2.75, 3.05) is 7.05 Å². The number of hydrogen-bond donors (Lipinski definition) is 0. The summed E-state index contributed by atoms with van der Waals surface area (Å²) in [4.78, 5) is 4.31. The number of nitrogens with zero attached hydrogens (tertiary/aromatic N) is 1. The molecule has 0 aromatic heterocycles. The van der Waals surface area contributed by atoms with Crippen molar-refractivity contribution in [3.8, 4) is 0 Å². The van der Waals surface area contributed by atoms with E-state index in [0.717, 1.165) is 12.8 Å². The number of allylic oxidation sites excluding steroid dienone is 2. The summed E-state index contributed by atoms with van der Waals surface area (Å²) in [5.41, 5.74) is 4.13. The third-order valence-electron chi connectivity index (χ3n) is 2.36. The molecule has 70 valence electrons. The Morgan fingerprint density at radius 2 is 1.75 bits per heavy atom. The molecule has 0 atom stereocenters. The van der Waals surface area contributed by atoms with Gasteiger partial charge in [0.15, 0.2) is 0 Å². The Kier molecular flexibility index (Phi) is 5.69. The monoisotopic (exact) mass is 167 g/mol. The molecule has 12 heavy (non-hydrogen) atoms. The maximum absolute atomic E-state index is 4.31. The molecule has 1 nitrogen and oxygen atoms in total. The van der Waals surface area contributed by atoms with Gasteiger partial charge in [0, 0.05) is 12.8 Å². The highest BCUT2D eigenvalue weighted by molar-refractivity contribution is 6.00. The first kappa shape index (κ1) is 11.4. The van der Waals surface area contributed by atoms with E-state index in [0.29, 0.717) is 0 Å². The van der Waals surface area contributed by atoms with Gasteiger partial charge >= 0.3 is 0 Å². The van der Waals surface area contributed by atoms with Crippen LogP contribution in [0.4, 0.5) is 0 Å². The van der Waals surface area contributed by atoms with Crippen LogP contribution >= 0.6 is 0 Å². The molecule has 0 amide bonds. The topological polar surface area (TPSA) is 12.4 Å². The summed E-state index contributed by atoms with van der Waals surface area (Å²) in [6, 6.07) is 0. The average molecular weight is 167 g/mol. The van der Waals surface area contributed by atoms with Crippen molar-refractivity contribution < 1.29 is 0 Å². The van der Waals surface area contributed by atoms with E-state index in [1.807, 2.05) is 7.05 Å². The molecule has 0 heterocycles. The highest BCUT2D eigenvalue weighted by Crippen LogP contribution is 2.12. The van der Waals surface area contributed by atoms with Gasteiger partial charge in [-0.2, -0.15) is 0 Å². The Hall–Kier alpha value is -0.590. The predicted octanol–water partition coefficient (Wildman–Crippen LogP) is 3.60. The van der Waals surface area contributed by atoms with Crippen molar-refractivity contribution in [3.63, 3.8) is 0 Å². The summed E-state index contributed by atoms with van der Waals surface area (Å²) in [5, 5.41) is 0. The van der Waals surface area contributed by atoms with E-state index in [4.69, 9.17) is 0 Å². The standard InChI is InChI=1S/C11H21N/c1-6-8-11(12-5)10(4)9(3)7-2/h6-8H2,1-5H3. The molecular formula is C11H21N. The van der Waals surface area contributed by atoms with Crippen LogP contribution in [0.15, 0.2) is 16.1 Å². The van der Waals surface area contributed by atoms with Crippen LogP contribution in [-0.2, 0) is 0 Å². The molecule has 0 saturated carbocycles. The zero-order chi connectivity index (χ0) is 9.56. The van der Waals surface area contributed by atoms with Gasteiger partial charge in [-0.1, -0.05) is 25.8 Å². The van der Waals surface area contributed by atoms with E-state index >= 15 is 0 Å². The Labute approximate surface area is 76.6 Å². The Bertz CT molecular complexity index is 187. The van der Waals surface area contributed by atoms with Gasteiger partial charge in [-0.15, -0.1) is 0 Å². The summed E-state index contributed by atoms with van der Waals surface area (Å²) in [7, 11) is 1.89. The first-order valence-electron chi connectivity index (χ1n) is 4.79. The molecule has 0 N–H and O–H groups in total. The molecule has 0 saturated heterocycles. The van der Waals surface area contributed by atoms with E-state index < -0.39 is 0 Å². The van der Waals surface area contributed by atoms with Crippen molar-refractivity contribution in [3.05, 3.63) is 11.1 Å². The summed E-state index contributed by atoms with van der Waals surface area (Å²) in [6.45, 7) is 8.75. The van der Waals surface area contributed by atoms with Gasteiger partial charge < -0.3 is 0 Å². The van der Waals surface area contributed by atoms with Crippen LogP contribution in [0.5, 0.6) is 0 Å². The van der Waals surface area contributed by atoms with Gasteiger partial charge in [0.1, 0.15) is 0 Å². The fourth-order valence-corrected chi connectivity index (χ4v) is 1.22. The lowest BCUT2D eigenvalue weighted by Gasteiger charge is -2.07. The van der Waals surface area contributed by atoms with Crippen LogP contribution in [0.1, 0.15) is 47.0 Å². The zero-order valence-corrected chi connectivity index (χ0v) is 9.07. The molecule has 0 unspecified atom stereocenters. The fraction of sp³-hybridized carbons (Fsp3) is 0.727. The molecule has 0 spiro atoms. The van der Waals surface area contributed by atoms with Gasteiger partial charge in [0.25, 0.3) is 0 Å². The minimum absolute atomic E-state index is 1.11. The van der Waals surface area contributed by atoms with E-state index in [2.05, 4.69) is 32.7 Å². The van der Waals surface area contributed by atoms with E-state index in [1.165, 1.54) is 23.3 Å². The summed E-state index contributed by atoms with van der Waals surface area (Å²) < 4.78 is 0. The molecular weight excluding hydrogens is 146 g/mol. The number of aliphatic imine (C=N–C) groups is 1. The molecule has 0 radical (unpaired) electrons. The maximum atomic E-state index is 4.31. The van der Waals surface area contributed by atoms with E-state index in [1.54, 1.807) is 0 Å². The van der Waals surface area contributed by atoms with Crippen LogP contribution in [0.2, 0.25) is 0 Å².